The van der Waals surface area contributed by atoms with Gasteiger partial charge in [-0.25, -0.2) is 4.98 Å². The van der Waals surface area contributed by atoms with Crippen LogP contribution in [0.5, 0.6) is 0 Å². The van der Waals surface area contributed by atoms with Gasteiger partial charge in [0.25, 0.3) is 0 Å². The maximum Gasteiger partial charge on any atom is 0.111 e. The molecule has 1 aliphatic carbocycles. The molecule has 2 aliphatic rings. The van der Waals surface area contributed by atoms with Gasteiger partial charge in [-0.3, -0.25) is 0 Å². The molecule has 112 valence electrons. The largest absolute Gasteiger partial charge is 0.376 e. The summed E-state index contributed by atoms with van der Waals surface area (Å²) in [5.74, 6) is 1.71. The van der Waals surface area contributed by atoms with Crippen LogP contribution < -0.4 is 5.32 Å². The Morgan fingerprint density at radius 3 is 2.90 bits per heavy atom. The quantitative estimate of drug-likeness (QED) is 0.899. The van der Waals surface area contributed by atoms with Gasteiger partial charge < -0.3 is 14.6 Å². The summed E-state index contributed by atoms with van der Waals surface area (Å²) in [5.41, 5.74) is 2.68. The number of nitrogens with zero attached hydrogens (tertiary/aromatic N) is 2. The van der Waals surface area contributed by atoms with Crippen LogP contribution in [-0.2, 0) is 24.2 Å². The summed E-state index contributed by atoms with van der Waals surface area (Å²) >= 11 is 0. The predicted molar refractivity (Wildman–Crippen MR) is 79.9 cm³/mol. The summed E-state index contributed by atoms with van der Waals surface area (Å²) in [5, 5.41) is 3.41. The molecule has 1 saturated carbocycles. The molecule has 0 spiro atoms. The summed E-state index contributed by atoms with van der Waals surface area (Å²) in [4.78, 5) is 4.85. The molecule has 2 heterocycles. The Morgan fingerprint density at radius 2 is 2.15 bits per heavy atom. The van der Waals surface area contributed by atoms with Crippen molar-refractivity contribution in [3.05, 3.63) is 17.2 Å². The molecule has 20 heavy (non-hydrogen) atoms. The minimum atomic E-state index is 0.479. The third-order valence-corrected chi connectivity index (χ3v) is 4.50. The number of rotatable bonds is 5. The van der Waals surface area contributed by atoms with Gasteiger partial charge in [0.1, 0.15) is 5.82 Å². The number of ether oxygens (including phenoxy) is 1. The van der Waals surface area contributed by atoms with Gasteiger partial charge in [0.2, 0.25) is 0 Å². The number of hydrogen-bond acceptors (Lipinski definition) is 3. The summed E-state index contributed by atoms with van der Waals surface area (Å²) in [6.45, 7) is 8.25. The van der Waals surface area contributed by atoms with Crippen molar-refractivity contribution < 1.29 is 4.74 Å². The van der Waals surface area contributed by atoms with E-state index in [1.165, 1.54) is 42.9 Å². The molecule has 3 rings (SSSR count). The molecular weight excluding hydrogens is 250 g/mol. The van der Waals surface area contributed by atoms with E-state index in [-0.39, 0.29) is 0 Å². The highest BCUT2D eigenvalue weighted by atomic mass is 16.5. The lowest BCUT2D eigenvalue weighted by atomic mass is 10.2. The highest BCUT2D eigenvalue weighted by Crippen LogP contribution is 2.23. The Kier molecular flexibility index (Phi) is 4.41. The van der Waals surface area contributed by atoms with Crippen LogP contribution >= 0.6 is 0 Å². The molecule has 0 aromatic carbocycles. The summed E-state index contributed by atoms with van der Waals surface area (Å²) in [7, 11) is 0. The first-order chi connectivity index (χ1) is 9.75. The Morgan fingerprint density at radius 1 is 1.35 bits per heavy atom. The molecule has 0 bridgehead atoms. The van der Waals surface area contributed by atoms with Crippen molar-refractivity contribution in [2.45, 2.75) is 71.1 Å². The van der Waals surface area contributed by atoms with Gasteiger partial charge in [-0.05, 0) is 12.8 Å². The van der Waals surface area contributed by atoms with Gasteiger partial charge >= 0.3 is 0 Å². The van der Waals surface area contributed by atoms with Crippen LogP contribution in [0.2, 0.25) is 0 Å². The monoisotopic (exact) mass is 277 g/mol. The van der Waals surface area contributed by atoms with E-state index in [1.54, 1.807) is 0 Å². The van der Waals surface area contributed by atoms with Gasteiger partial charge in [0.05, 0.1) is 18.4 Å². The number of nitrogens with one attached hydrogen (secondary N) is 1. The molecule has 0 atom stereocenters. The molecule has 0 radical (unpaired) electrons. The van der Waals surface area contributed by atoms with E-state index in [4.69, 9.17) is 9.72 Å². The average molecular weight is 277 g/mol. The van der Waals surface area contributed by atoms with Gasteiger partial charge in [0.15, 0.2) is 0 Å². The van der Waals surface area contributed by atoms with Gasteiger partial charge in [-0.1, -0.05) is 26.7 Å². The van der Waals surface area contributed by atoms with Crippen molar-refractivity contribution in [2.75, 3.05) is 13.2 Å². The zero-order valence-electron chi connectivity index (χ0n) is 12.8. The topological polar surface area (TPSA) is 39.1 Å². The standard InChI is InChI=1S/C16H27N3O/c1-12(2)16-18-14-11-17-8-7-15(14)19(16)9-10-20-13-5-3-4-6-13/h12-13,17H,3-11H2,1-2H3. The van der Waals surface area contributed by atoms with Crippen LogP contribution in [0.1, 0.15) is 62.7 Å². The molecule has 1 aromatic heterocycles. The second kappa shape index (κ2) is 6.27. The Balaban J connectivity index is 1.68. The van der Waals surface area contributed by atoms with Crippen LogP contribution in [0.4, 0.5) is 0 Å². The van der Waals surface area contributed by atoms with Crippen LogP contribution in [0, 0.1) is 0 Å². The van der Waals surface area contributed by atoms with Crippen LogP contribution in [0.3, 0.4) is 0 Å². The lowest BCUT2D eigenvalue weighted by molar-refractivity contribution is 0.0521. The van der Waals surface area contributed by atoms with Crippen LogP contribution in [-0.4, -0.2) is 28.8 Å². The highest BCUT2D eigenvalue weighted by molar-refractivity contribution is 5.21. The van der Waals surface area contributed by atoms with Crippen molar-refractivity contribution in [2.24, 2.45) is 0 Å². The first kappa shape index (κ1) is 14.1. The molecular formula is C16H27N3O. The number of fused-ring (bicyclic) bond motifs is 1. The number of aromatic nitrogens is 2. The summed E-state index contributed by atoms with van der Waals surface area (Å²) in [6.07, 6.45) is 6.80. The van der Waals surface area contributed by atoms with E-state index < -0.39 is 0 Å². The van der Waals surface area contributed by atoms with E-state index in [9.17, 15) is 0 Å². The SMILES string of the molecule is CC(C)c1nc2c(n1CCOC1CCCC1)CCNC2. The molecule has 0 saturated heterocycles. The van der Waals surface area contributed by atoms with Crippen molar-refractivity contribution in [1.29, 1.82) is 0 Å². The lowest BCUT2D eigenvalue weighted by Gasteiger charge is -2.18. The van der Waals surface area contributed by atoms with Crippen molar-refractivity contribution in [3.63, 3.8) is 0 Å². The maximum atomic E-state index is 6.04. The molecule has 1 N–H and O–H groups in total. The maximum absolute atomic E-state index is 6.04. The summed E-state index contributed by atoms with van der Waals surface area (Å²) < 4.78 is 8.46. The zero-order chi connectivity index (χ0) is 13.9. The fourth-order valence-electron chi connectivity index (χ4n) is 3.45. The second-order valence-corrected chi connectivity index (χ2v) is 6.37. The van der Waals surface area contributed by atoms with Gasteiger partial charge in [-0.2, -0.15) is 0 Å². The van der Waals surface area contributed by atoms with E-state index >= 15 is 0 Å². The number of hydrogen-bond donors (Lipinski definition) is 1. The predicted octanol–water partition coefficient (Wildman–Crippen LogP) is 2.61. The van der Waals surface area contributed by atoms with E-state index in [0.717, 1.165) is 32.7 Å². The van der Waals surface area contributed by atoms with Crippen LogP contribution in [0.25, 0.3) is 0 Å². The van der Waals surface area contributed by atoms with E-state index in [0.29, 0.717) is 12.0 Å². The second-order valence-electron chi connectivity index (χ2n) is 6.37. The van der Waals surface area contributed by atoms with Crippen LogP contribution in [0.15, 0.2) is 0 Å². The van der Waals surface area contributed by atoms with Crippen molar-refractivity contribution >= 4 is 0 Å². The van der Waals surface area contributed by atoms with Crippen molar-refractivity contribution in [3.8, 4) is 0 Å². The third kappa shape index (κ3) is 2.91. The zero-order valence-corrected chi connectivity index (χ0v) is 12.8. The fraction of sp³-hybridized carbons (Fsp3) is 0.812. The summed E-state index contributed by atoms with van der Waals surface area (Å²) in [6, 6.07) is 0. The van der Waals surface area contributed by atoms with Crippen molar-refractivity contribution in [1.82, 2.24) is 14.9 Å². The Bertz CT molecular complexity index is 447. The third-order valence-electron chi connectivity index (χ3n) is 4.50. The lowest BCUT2D eigenvalue weighted by Crippen LogP contribution is -2.26. The molecule has 1 fully saturated rings. The van der Waals surface area contributed by atoms with Gasteiger partial charge in [0, 0.05) is 37.7 Å². The minimum Gasteiger partial charge on any atom is -0.376 e. The minimum absolute atomic E-state index is 0.479. The number of imidazole rings is 1. The first-order valence-electron chi connectivity index (χ1n) is 8.16. The molecule has 4 nitrogen and oxygen atoms in total. The van der Waals surface area contributed by atoms with E-state index in [1.807, 2.05) is 0 Å². The molecule has 0 unspecified atom stereocenters. The first-order valence-corrected chi connectivity index (χ1v) is 8.16. The molecule has 0 amide bonds. The fourth-order valence-corrected chi connectivity index (χ4v) is 3.45. The van der Waals surface area contributed by atoms with Gasteiger partial charge in [-0.15, -0.1) is 0 Å². The Hall–Kier alpha value is -0.870. The normalized spacial score (nSPS) is 19.8. The smallest absolute Gasteiger partial charge is 0.111 e. The Labute approximate surface area is 121 Å². The molecule has 1 aliphatic heterocycles. The average Bonchev–Trinajstić information content (AvgIpc) is 3.07. The molecule has 4 heteroatoms. The van der Waals surface area contributed by atoms with E-state index in [2.05, 4.69) is 23.7 Å². The highest BCUT2D eigenvalue weighted by Gasteiger charge is 2.21. The molecule has 1 aromatic rings.